The molecule has 12 heteroatoms. The Labute approximate surface area is 398 Å². The summed E-state index contributed by atoms with van der Waals surface area (Å²) in [5, 5.41) is 0. The molecule has 68 heavy (non-hydrogen) atoms. The first-order valence-electron chi connectivity index (χ1n) is 23.0. The third-order valence-corrected chi connectivity index (χ3v) is 11.9. The Balaban J connectivity index is 1.12. The van der Waals surface area contributed by atoms with Crippen molar-refractivity contribution in [1.29, 1.82) is 0 Å². The van der Waals surface area contributed by atoms with Crippen molar-refractivity contribution in [1.82, 2.24) is 0 Å². The molecule has 6 aromatic rings. The normalized spacial score (nSPS) is 24.9. The van der Waals surface area contributed by atoms with Crippen LogP contribution in [0, 0.1) is 0 Å². The van der Waals surface area contributed by atoms with E-state index in [1.54, 1.807) is 7.11 Å². The molecule has 10 atom stereocenters. The number of benzene rings is 6. The van der Waals surface area contributed by atoms with Crippen molar-refractivity contribution >= 4 is 5.97 Å². The second kappa shape index (κ2) is 25.7. The van der Waals surface area contributed by atoms with Crippen molar-refractivity contribution < 1.29 is 56.9 Å². The molecule has 0 aliphatic carbocycles. The van der Waals surface area contributed by atoms with Gasteiger partial charge in [0.05, 0.1) is 53.4 Å². The smallest absolute Gasteiger partial charge is 0.337 e. The highest BCUT2D eigenvalue weighted by Crippen LogP contribution is 2.35. The predicted molar refractivity (Wildman–Crippen MR) is 252 cm³/mol. The fraction of sp³-hybridized carbons (Fsp3) is 0.339. The molecule has 0 saturated carbocycles. The van der Waals surface area contributed by atoms with Crippen molar-refractivity contribution in [3.05, 3.63) is 215 Å². The van der Waals surface area contributed by atoms with E-state index < -0.39 is 67.4 Å². The van der Waals surface area contributed by atoms with Crippen LogP contribution in [0.25, 0.3) is 0 Å². The van der Waals surface area contributed by atoms with Crippen LogP contribution in [-0.2, 0) is 96.5 Å². The van der Waals surface area contributed by atoms with Crippen LogP contribution >= 0.6 is 0 Å². The topological polar surface area (TPSA) is 119 Å². The molecule has 0 aromatic heterocycles. The lowest BCUT2D eigenvalue weighted by Gasteiger charge is -2.47. The zero-order valence-corrected chi connectivity index (χ0v) is 38.4. The Morgan fingerprint density at radius 1 is 0.368 bits per heavy atom. The lowest BCUT2D eigenvalue weighted by atomic mass is 9.96. The van der Waals surface area contributed by atoms with Crippen molar-refractivity contribution in [3.63, 3.8) is 0 Å². The number of hydrogen-bond acceptors (Lipinski definition) is 12. The van der Waals surface area contributed by atoms with Crippen LogP contribution in [0.15, 0.2) is 182 Å². The van der Waals surface area contributed by atoms with E-state index >= 15 is 0 Å². The summed E-state index contributed by atoms with van der Waals surface area (Å²) in [5.74, 6) is -0.656. The number of carbonyl (C=O) groups is 1. The van der Waals surface area contributed by atoms with Crippen LogP contribution < -0.4 is 0 Å². The molecule has 356 valence electrons. The van der Waals surface area contributed by atoms with Gasteiger partial charge in [-0.2, -0.15) is 0 Å². The maximum Gasteiger partial charge on any atom is 0.337 e. The van der Waals surface area contributed by atoms with E-state index in [-0.39, 0.29) is 46.2 Å². The molecule has 2 aliphatic rings. The number of carbonyl (C=O) groups excluding carboxylic acids is 1. The summed E-state index contributed by atoms with van der Waals surface area (Å²) in [7, 11) is 2.89. The molecule has 12 nitrogen and oxygen atoms in total. The Morgan fingerprint density at radius 3 is 1.03 bits per heavy atom. The minimum absolute atomic E-state index is 0.110. The summed E-state index contributed by atoms with van der Waals surface area (Å²) in [4.78, 5) is 13.9. The fourth-order valence-corrected chi connectivity index (χ4v) is 8.36. The highest BCUT2D eigenvalue weighted by atomic mass is 16.8. The average Bonchev–Trinajstić information content (AvgIpc) is 3.40. The molecule has 8 rings (SSSR count). The molecule has 2 saturated heterocycles. The van der Waals surface area contributed by atoms with E-state index in [1.165, 1.54) is 7.11 Å². The van der Waals surface area contributed by atoms with Crippen LogP contribution in [0.2, 0.25) is 0 Å². The molecule has 0 amide bonds. The van der Waals surface area contributed by atoms with E-state index in [2.05, 4.69) is 0 Å². The number of rotatable bonds is 23. The Bertz CT molecular complexity index is 2330. The Morgan fingerprint density at radius 2 is 0.676 bits per heavy atom. The molecule has 2 aliphatic heterocycles. The first kappa shape index (κ1) is 48.8. The standard InChI is InChI=1S/C56H60O12/c1-58-54(57)51-49(62-35-42-25-13-5-14-26-42)50(63-36-43-27-15-6-16-28-43)53(65-38-45-31-19-8-20-32-45)56(68-51)66-39-46-47(60-33-40-21-9-3-10-22-40)48(61-34-41-23-11-4-12-24-41)52(55(59-2)67-46)64-37-44-29-17-7-18-30-44/h3-32,46-53,55-56H,33-39H2,1-2H3/t46-,47-,48+,49+,50+,51+,52-,53-,55+,56-/m1/s1. The van der Waals surface area contributed by atoms with Gasteiger partial charge in [-0.1, -0.05) is 182 Å². The van der Waals surface area contributed by atoms with Crippen LogP contribution in [0.5, 0.6) is 0 Å². The van der Waals surface area contributed by atoms with Crippen molar-refractivity contribution in [3.8, 4) is 0 Å². The zero-order chi connectivity index (χ0) is 46.8. The van der Waals surface area contributed by atoms with Crippen molar-refractivity contribution in [2.24, 2.45) is 0 Å². The molecule has 2 heterocycles. The summed E-state index contributed by atoms with van der Waals surface area (Å²) in [5.41, 5.74) is 5.63. The molecule has 0 spiro atoms. The number of hydrogen-bond donors (Lipinski definition) is 0. The average molecular weight is 925 g/mol. The van der Waals surface area contributed by atoms with Gasteiger partial charge in [0.2, 0.25) is 0 Å². The van der Waals surface area contributed by atoms with E-state index in [0.717, 1.165) is 33.4 Å². The highest BCUT2D eigenvalue weighted by Gasteiger charge is 2.54. The summed E-state index contributed by atoms with van der Waals surface area (Å²) < 4.78 is 72.3. The van der Waals surface area contributed by atoms with E-state index in [9.17, 15) is 4.79 Å². The predicted octanol–water partition coefficient (Wildman–Crippen LogP) is 8.78. The molecular weight excluding hydrogens is 865 g/mol. The van der Waals surface area contributed by atoms with Crippen LogP contribution in [0.4, 0.5) is 0 Å². The summed E-state index contributed by atoms with van der Waals surface area (Å²) >= 11 is 0. The lowest BCUT2D eigenvalue weighted by Crippen LogP contribution is -2.64. The molecule has 0 unspecified atom stereocenters. The third-order valence-electron chi connectivity index (χ3n) is 11.9. The number of ether oxygens (including phenoxy) is 11. The second-order valence-electron chi connectivity index (χ2n) is 16.6. The number of esters is 1. The van der Waals surface area contributed by atoms with Gasteiger partial charge in [-0.05, 0) is 33.4 Å². The van der Waals surface area contributed by atoms with Crippen LogP contribution in [-0.4, -0.2) is 88.2 Å². The van der Waals surface area contributed by atoms with E-state index in [1.807, 2.05) is 182 Å². The zero-order valence-electron chi connectivity index (χ0n) is 38.4. The van der Waals surface area contributed by atoms with E-state index in [0.29, 0.717) is 0 Å². The largest absolute Gasteiger partial charge is 0.467 e. The lowest BCUT2D eigenvalue weighted by molar-refractivity contribution is -0.347. The van der Waals surface area contributed by atoms with Gasteiger partial charge in [0.15, 0.2) is 18.7 Å². The Hall–Kier alpha value is -5.61. The SMILES string of the molecule is COC(=O)[C@H]1O[C@@H](OC[C@H]2O[C@H](OC)[C@H](OCc3ccccc3)[C@@H](OCc3ccccc3)[C@@H]2OCc2ccccc2)[C@H](OCc2ccccc2)[C@@H](OCc2ccccc2)[C@@H]1OCc1ccccc1. The van der Waals surface area contributed by atoms with Gasteiger partial charge in [-0.15, -0.1) is 0 Å². The van der Waals surface area contributed by atoms with Gasteiger partial charge in [0.1, 0.15) is 42.7 Å². The quantitative estimate of drug-likeness (QED) is 0.0572. The monoisotopic (exact) mass is 924 g/mol. The first-order valence-corrected chi connectivity index (χ1v) is 23.0. The second-order valence-corrected chi connectivity index (χ2v) is 16.6. The fourth-order valence-electron chi connectivity index (χ4n) is 8.36. The van der Waals surface area contributed by atoms with Gasteiger partial charge in [-0.25, -0.2) is 4.79 Å². The highest BCUT2D eigenvalue weighted by molar-refractivity contribution is 5.75. The summed E-state index contributed by atoms with van der Waals surface area (Å²) in [6.07, 6.45) is -9.19. The van der Waals surface area contributed by atoms with Gasteiger partial charge < -0.3 is 52.1 Å². The van der Waals surface area contributed by atoms with Gasteiger partial charge in [0, 0.05) is 7.11 Å². The van der Waals surface area contributed by atoms with Gasteiger partial charge in [-0.3, -0.25) is 0 Å². The summed E-state index contributed by atoms with van der Waals surface area (Å²) in [6.45, 7) is 1.19. The molecular formula is C56H60O12. The van der Waals surface area contributed by atoms with Crippen LogP contribution in [0.3, 0.4) is 0 Å². The minimum Gasteiger partial charge on any atom is -0.467 e. The van der Waals surface area contributed by atoms with Gasteiger partial charge in [0.25, 0.3) is 0 Å². The maximum atomic E-state index is 13.9. The van der Waals surface area contributed by atoms with Crippen molar-refractivity contribution in [2.75, 3.05) is 20.8 Å². The van der Waals surface area contributed by atoms with Gasteiger partial charge >= 0.3 is 5.97 Å². The summed E-state index contributed by atoms with van der Waals surface area (Å²) in [6, 6.07) is 59.0. The molecule has 6 aromatic carbocycles. The van der Waals surface area contributed by atoms with E-state index in [4.69, 9.17) is 52.1 Å². The molecule has 0 radical (unpaired) electrons. The molecule has 0 N–H and O–H groups in total. The first-order chi connectivity index (χ1) is 33.6. The number of methoxy groups -OCH3 is 2. The van der Waals surface area contributed by atoms with Crippen molar-refractivity contribution in [2.45, 2.75) is 101 Å². The third kappa shape index (κ3) is 13.5. The molecule has 2 fully saturated rings. The Kier molecular flexibility index (Phi) is 18.4. The van der Waals surface area contributed by atoms with Crippen LogP contribution in [0.1, 0.15) is 33.4 Å². The molecule has 0 bridgehead atoms. The minimum atomic E-state index is -1.27. The maximum absolute atomic E-state index is 13.9.